The lowest BCUT2D eigenvalue weighted by Gasteiger charge is -2.10. The van der Waals surface area contributed by atoms with Crippen molar-refractivity contribution in [3.8, 4) is 11.5 Å². The molecular weight excluding hydrogens is 310 g/mol. The number of benzene rings is 2. The first-order valence-corrected chi connectivity index (χ1v) is 7.31. The molecule has 3 N–H and O–H groups in total. The summed E-state index contributed by atoms with van der Waals surface area (Å²) < 4.78 is 11.7. The summed E-state index contributed by atoms with van der Waals surface area (Å²) in [6, 6.07) is 10.3. The van der Waals surface area contributed by atoms with E-state index in [9.17, 15) is 9.59 Å². The van der Waals surface area contributed by atoms with Crippen LogP contribution in [0, 0.1) is 6.92 Å². The number of rotatable bonds is 4. The van der Waals surface area contributed by atoms with E-state index in [0.29, 0.717) is 28.2 Å². The Morgan fingerprint density at radius 3 is 2.67 bits per heavy atom. The Bertz CT molecular complexity index is 972. The number of anilines is 1. The number of imidazole rings is 1. The van der Waals surface area contributed by atoms with Crippen LogP contribution in [0.25, 0.3) is 11.0 Å². The molecule has 0 radical (unpaired) electrons. The molecule has 7 nitrogen and oxygen atoms in total. The number of ether oxygens (including phenoxy) is 2. The predicted molar refractivity (Wildman–Crippen MR) is 90.8 cm³/mol. The van der Waals surface area contributed by atoms with Gasteiger partial charge in [0, 0.05) is 5.69 Å². The first-order valence-electron chi connectivity index (χ1n) is 7.31. The molecule has 0 spiro atoms. The third-order valence-corrected chi connectivity index (χ3v) is 3.74. The van der Waals surface area contributed by atoms with Crippen molar-refractivity contribution >= 4 is 22.6 Å². The standard InChI is InChI=1S/C17H17N3O4/c1-10-7-12-13(8-11(10)18)20(17(22)19-12)16(21)9-24-15-6-4-3-5-14(15)23-2/h3-8H,9,18H2,1-2H3,(H,19,22). The van der Waals surface area contributed by atoms with Gasteiger partial charge in [0.15, 0.2) is 18.1 Å². The zero-order valence-electron chi connectivity index (χ0n) is 13.3. The van der Waals surface area contributed by atoms with Gasteiger partial charge in [0.05, 0.1) is 18.1 Å². The zero-order valence-corrected chi connectivity index (χ0v) is 13.3. The highest BCUT2D eigenvalue weighted by Gasteiger charge is 2.16. The van der Waals surface area contributed by atoms with E-state index in [0.717, 1.165) is 10.1 Å². The number of methoxy groups -OCH3 is 1. The highest BCUT2D eigenvalue weighted by Crippen LogP contribution is 2.26. The maximum atomic E-state index is 12.4. The van der Waals surface area contributed by atoms with Gasteiger partial charge in [-0.25, -0.2) is 9.36 Å². The molecule has 0 saturated carbocycles. The molecule has 124 valence electrons. The Kier molecular flexibility index (Phi) is 3.99. The summed E-state index contributed by atoms with van der Waals surface area (Å²) in [5.74, 6) is 0.438. The number of hydrogen-bond donors (Lipinski definition) is 2. The van der Waals surface area contributed by atoms with Crippen molar-refractivity contribution in [1.82, 2.24) is 9.55 Å². The molecule has 0 atom stereocenters. The Morgan fingerprint density at radius 1 is 1.25 bits per heavy atom. The van der Waals surface area contributed by atoms with Gasteiger partial charge in [0.2, 0.25) is 0 Å². The summed E-state index contributed by atoms with van der Waals surface area (Å²) in [7, 11) is 1.51. The number of aryl methyl sites for hydroxylation is 1. The third-order valence-electron chi connectivity index (χ3n) is 3.74. The predicted octanol–water partition coefficient (Wildman–Crippen LogP) is 1.95. The van der Waals surface area contributed by atoms with E-state index in [1.165, 1.54) is 7.11 Å². The van der Waals surface area contributed by atoms with E-state index in [-0.39, 0.29) is 6.61 Å². The van der Waals surface area contributed by atoms with E-state index in [2.05, 4.69) is 4.98 Å². The van der Waals surface area contributed by atoms with Gasteiger partial charge in [-0.1, -0.05) is 12.1 Å². The number of aromatic amines is 1. The van der Waals surface area contributed by atoms with Gasteiger partial charge in [0.1, 0.15) is 0 Å². The third kappa shape index (κ3) is 2.71. The zero-order chi connectivity index (χ0) is 17.3. The van der Waals surface area contributed by atoms with E-state index in [1.54, 1.807) is 36.4 Å². The van der Waals surface area contributed by atoms with Gasteiger partial charge in [0.25, 0.3) is 5.91 Å². The molecule has 0 bridgehead atoms. The number of nitrogen functional groups attached to an aromatic ring is 1. The van der Waals surface area contributed by atoms with Crippen molar-refractivity contribution in [2.24, 2.45) is 0 Å². The molecule has 0 unspecified atom stereocenters. The first-order chi connectivity index (χ1) is 11.5. The Labute approximate surface area is 137 Å². The second kappa shape index (κ2) is 6.11. The summed E-state index contributed by atoms with van der Waals surface area (Å²) in [6.07, 6.45) is 0. The fourth-order valence-electron chi connectivity index (χ4n) is 2.47. The van der Waals surface area contributed by atoms with E-state index >= 15 is 0 Å². The average Bonchev–Trinajstić information content (AvgIpc) is 2.88. The number of hydrogen-bond acceptors (Lipinski definition) is 5. The molecular formula is C17H17N3O4. The van der Waals surface area contributed by atoms with E-state index < -0.39 is 11.6 Å². The smallest absolute Gasteiger partial charge is 0.333 e. The normalized spacial score (nSPS) is 10.8. The van der Waals surface area contributed by atoms with Crippen LogP contribution in [0.4, 0.5) is 5.69 Å². The lowest BCUT2D eigenvalue weighted by molar-refractivity contribution is 0.0836. The maximum absolute atomic E-state index is 12.4. The quantitative estimate of drug-likeness (QED) is 0.714. The van der Waals surface area contributed by atoms with Crippen molar-refractivity contribution in [3.05, 3.63) is 52.4 Å². The molecule has 24 heavy (non-hydrogen) atoms. The molecule has 0 amide bonds. The molecule has 1 aromatic heterocycles. The van der Waals surface area contributed by atoms with E-state index in [4.69, 9.17) is 15.2 Å². The van der Waals surface area contributed by atoms with Gasteiger partial charge in [-0.05, 0) is 36.8 Å². The molecule has 0 aliphatic rings. The Morgan fingerprint density at radius 2 is 1.96 bits per heavy atom. The minimum Gasteiger partial charge on any atom is -0.493 e. The van der Waals surface area contributed by atoms with Gasteiger partial charge in [-0.2, -0.15) is 0 Å². The van der Waals surface area contributed by atoms with Crippen LogP contribution in [0.2, 0.25) is 0 Å². The van der Waals surface area contributed by atoms with Crippen LogP contribution >= 0.6 is 0 Å². The maximum Gasteiger partial charge on any atom is 0.333 e. The molecule has 7 heteroatoms. The van der Waals surface area contributed by atoms with Crippen LogP contribution in [0.3, 0.4) is 0 Å². The minimum absolute atomic E-state index is 0.305. The fraction of sp³-hybridized carbons (Fsp3) is 0.176. The summed E-state index contributed by atoms with van der Waals surface area (Å²) in [6.45, 7) is 1.53. The molecule has 0 aliphatic heterocycles. The Hall–Kier alpha value is -3.22. The lowest BCUT2D eigenvalue weighted by atomic mass is 10.2. The molecule has 3 rings (SSSR count). The Balaban J connectivity index is 1.90. The van der Waals surface area contributed by atoms with E-state index in [1.807, 2.05) is 6.92 Å². The highest BCUT2D eigenvalue weighted by atomic mass is 16.5. The SMILES string of the molecule is COc1ccccc1OCC(=O)n1c(=O)[nH]c2cc(C)c(N)cc21. The van der Waals surface area contributed by atoms with Crippen molar-refractivity contribution in [2.45, 2.75) is 6.92 Å². The fourth-order valence-corrected chi connectivity index (χ4v) is 2.47. The highest BCUT2D eigenvalue weighted by molar-refractivity contribution is 5.92. The largest absolute Gasteiger partial charge is 0.493 e. The molecule has 0 aliphatic carbocycles. The number of aromatic nitrogens is 2. The van der Waals surface area contributed by atoms with Gasteiger partial charge in [-0.3, -0.25) is 4.79 Å². The van der Waals surface area contributed by atoms with Crippen LogP contribution < -0.4 is 20.9 Å². The van der Waals surface area contributed by atoms with Gasteiger partial charge >= 0.3 is 5.69 Å². The van der Waals surface area contributed by atoms with Crippen molar-refractivity contribution in [1.29, 1.82) is 0 Å². The summed E-state index contributed by atoms with van der Waals surface area (Å²) >= 11 is 0. The van der Waals surface area contributed by atoms with Crippen LogP contribution in [0.1, 0.15) is 10.4 Å². The minimum atomic E-state index is -0.524. The van der Waals surface area contributed by atoms with Crippen molar-refractivity contribution in [3.63, 3.8) is 0 Å². The summed E-state index contributed by atoms with van der Waals surface area (Å²) in [5.41, 5.74) is 7.67. The second-order valence-electron chi connectivity index (χ2n) is 5.32. The number of carbonyl (C=O) groups is 1. The van der Waals surface area contributed by atoms with Crippen molar-refractivity contribution < 1.29 is 14.3 Å². The average molecular weight is 327 g/mol. The monoisotopic (exact) mass is 327 g/mol. The van der Waals surface area contributed by atoms with Crippen LogP contribution in [-0.4, -0.2) is 29.2 Å². The van der Waals surface area contributed by atoms with Gasteiger partial charge < -0.3 is 20.2 Å². The number of nitrogens with zero attached hydrogens (tertiary/aromatic N) is 1. The number of carbonyl (C=O) groups excluding carboxylic acids is 1. The number of H-pyrrole nitrogens is 1. The number of para-hydroxylation sites is 2. The lowest BCUT2D eigenvalue weighted by Crippen LogP contribution is -2.28. The second-order valence-corrected chi connectivity index (χ2v) is 5.32. The van der Waals surface area contributed by atoms with Crippen LogP contribution in [0.5, 0.6) is 11.5 Å². The van der Waals surface area contributed by atoms with Crippen LogP contribution in [0.15, 0.2) is 41.2 Å². The number of nitrogens with one attached hydrogen (secondary N) is 1. The van der Waals surface area contributed by atoms with Crippen LogP contribution in [-0.2, 0) is 0 Å². The molecule has 2 aromatic carbocycles. The number of nitrogens with two attached hydrogens (primary N) is 1. The number of fused-ring (bicyclic) bond motifs is 1. The first kappa shape index (κ1) is 15.7. The summed E-state index contributed by atoms with van der Waals surface area (Å²) in [5, 5.41) is 0. The topological polar surface area (TPSA) is 99.3 Å². The molecule has 1 heterocycles. The molecule has 0 saturated heterocycles. The van der Waals surface area contributed by atoms with Gasteiger partial charge in [-0.15, -0.1) is 0 Å². The molecule has 0 fully saturated rings. The molecule has 3 aromatic rings. The van der Waals surface area contributed by atoms with Crippen molar-refractivity contribution in [2.75, 3.05) is 19.5 Å². The summed E-state index contributed by atoms with van der Waals surface area (Å²) in [4.78, 5) is 27.2.